The van der Waals surface area contributed by atoms with Crippen LogP contribution >= 0.6 is 24.0 Å². The first-order valence-electron chi connectivity index (χ1n) is 9.12. The van der Waals surface area contributed by atoms with Crippen LogP contribution in [-0.2, 0) is 6.42 Å². The van der Waals surface area contributed by atoms with Crippen LogP contribution in [0.1, 0.15) is 18.4 Å². The van der Waals surface area contributed by atoms with Gasteiger partial charge in [-0.2, -0.15) is 0 Å². The number of rotatable bonds is 11. The zero-order chi connectivity index (χ0) is 19.3. The summed E-state index contributed by atoms with van der Waals surface area (Å²) in [6.45, 7) is 2.30. The van der Waals surface area contributed by atoms with Crippen LogP contribution in [0.3, 0.4) is 0 Å². The Balaban J connectivity index is 0.00000392. The van der Waals surface area contributed by atoms with Crippen molar-refractivity contribution in [3.63, 3.8) is 0 Å². The summed E-state index contributed by atoms with van der Waals surface area (Å²) >= 11 is 0. The summed E-state index contributed by atoms with van der Waals surface area (Å²) in [6, 6.07) is 11.7. The van der Waals surface area contributed by atoms with Crippen molar-refractivity contribution in [3.05, 3.63) is 48.2 Å². The Morgan fingerprint density at radius 1 is 1.07 bits per heavy atom. The van der Waals surface area contributed by atoms with Gasteiger partial charge in [-0.15, -0.1) is 24.0 Å². The molecule has 1 aromatic carbocycles. The second-order valence-electron chi connectivity index (χ2n) is 5.98. The second-order valence-corrected chi connectivity index (χ2v) is 5.98. The molecule has 4 N–H and O–H groups in total. The van der Waals surface area contributed by atoms with E-state index in [1.807, 2.05) is 36.4 Å². The Labute approximate surface area is 184 Å². The molecule has 1 aromatic heterocycles. The molecule has 1 heterocycles. The topological polar surface area (TPSA) is 93.8 Å². The molecule has 0 bridgehead atoms. The van der Waals surface area contributed by atoms with Gasteiger partial charge in [-0.25, -0.2) is 4.98 Å². The summed E-state index contributed by atoms with van der Waals surface area (Å²) in [7, 11) is 3.27. The molecule has 0 fully saturated rings. The summed E-state index contributed by atoms with van der Waals surface area (Å²) in [4.78, 5) is 8.58. The number of aromatic nitrogens is 1. The Kier molecular flexibility index (Phi) is 11.8. The molecule has 0 aliphatic rings. The van der Waals surface area contributed by atoms with Crippen molar-refractivity contribution in [2.75, 3.05) is 39.2 Å². The quantitative estimate of drug-likeness (QED) is 0.191. The number of hydrogen-bond acceptors (Lipinski definition) is 5. The maximum absolute atomic E-state index is 5.91. The summed E-state index contributed by atoms with van der Waals surface area (Å²) in [5, 5.41) is 6.42. The van der Waals surface area contributed by atoms with Gasteiger partial charge >= 0.3 is 0 Å². The fraction of sp³-hybridized carbons (Fsp3) is 0.400. The Morgan fingerprint density at radius 3 is 2.61 bits per heavy atom. The molecule has 0 amide bonds. The minimum Gasteiger partial charge on any atom is -0.493 e. The van der Waals surface area contributed by atoms with Crippen LogP contribution in [-0.4, -0.2) is 44.8 Å². The van der Waals surface area contributed by atoms with Crippen molar-refractivity contribution in [1.29, 1.82) is 0 Å². The molecule has 7 nitrogen and oxygen atoms in total. The highest BCUT2D eigenvalue weighted by molar-refractivity contribution is 14.0. The van der Waals surface area contributed by atoms with Crippen molar-refractivity contribution < 1.29 is 9.47 Å². The van der Waals surface area contributed by atoms with Gasteiger partial charge in [0, 0.05) is 25.8 Å². The Morgan fingerprint density at radius 2 is 1.89 bits per heavy atom. The van der Waals surface area contributed by atoms with E-state index in [-0.39, 0.29) is 24.0 Å². The average Bonchev–Trinajstić information content (AvgIpc) is 2.71. The average molecular weight is 499 g/mol. The molecule has 0 spiro atoms. The van der Waals surface area contributed by atoms with E-state index in [2.05, 4.69) is 20.6 Å². The second kappa shape index (κ2) is 13.9. The highest BCUT2D eigenvalue weighted by Gasteiger charge is 2.04. The molecule has 154 valence electrons. The number of nitrogens with zero attached hydrogens (tertiary/aromatic N) is 2. The fourth-order valence-corrected chi connectivity index (χ4v) is 2.55. The van der Waals surface area contributed by atoms with Gasteiger partial charge in [0.25, 0.3) is 0 Å². The number of unbranched alkanes of at least 4 members (excludes halogenated alkanes) is 1. The van der Waals surface area contributed by atoms with Crippen LogP contribution in [0.5, 0.6) is 11.5 Å². The third kappa shape index (κ3) is 8.64. The zero-order valence-electron chi connectivity index (χ0n) is 16.5. The van der Waals surface area contributed by atoms with Crippen molar-refractivity contribution >= 4 is 35.8 Å². The summed E-state index contributed by atoms with van der Waals surface area (Å²) in [5.41, 5.74) is 7.06. The van der Waals surface area contributed by atoms with Gasteiger partial charge in [0.1, 0.15) is 5.82 Å². The predicted octanol–water partition coefficient (Wildman–Crippen LogP) is 3.06. The van der Waals surface area contributed by atoms with E-state index >= 15 is 0 Å². The van der Waals surface area contributed by atoms with E-state index < -0.39 is 0 Å². The van der Waals surface area contributed by atoms with Crippen molar-refractivity contribution in [1.82, 2.24) is 10.3 Å². The monoisotopic (exact) mass is 499 g/mol. The van der Waals surface area contributed by atoms with Gasteiger partial charge in [-0.1, -0.05) is 12.1 Å². The number of guanidine groups is 1. The standard InChI is InChI=1S/C20H29N5O2.HI/c1-26-17-9-8-16(15-18(17)27-2)10-14-25-20(21)24-13-6-5-12-23-19-7-3-4-11-22-19;/h3-4,7-9,11,15H,5-6,10,12-14H2,1-2H3,(H,22,23)(H3,21,24,25);1H. The molecule has 2 rings (SSSR count). The lowest BCUT2D eigenvalue weighted by atomic mass is 10.1. The van der Waals surface area contributed by atoms with Gasteiger partial charge in [-0.3, -0.25) is 4.99 Å². The predicted molar refractivity (Wildman–Crippen MR) is 125 cm³/mol. The van der Waals surface area contributed by atoms with Crippen molar-refractivity contribution in [2.24, 2.45) is 10.7 Å². The number of aliphatic imine (C=N–C) groups is 1. The SMILES string of the molecule is COc1ccc(CCNC(N)=NCCCCNc2ccccn2)cc1OC.I. The molecule has 8 heteroatoms. The molecule has 28 heavy (non-hydrogen) atoms. The van der Waals surface area contributed by atoms with Gasteiger partial charge < -0.3 is 25.8 Å². The third-order valence-corrected chi connectivity index (χ3v) is 4.01. The lowest BCUT2D eigenvalue weighted by molar-refractivity contribution is 0.354. The smallest absolute Gasteiger partial charge is 0.188 e. The molecule has 0 radical (unpaired) electrons. The Bertz CT molecular complexity index is 713. The van der Waals surface area contributed by atoms with E-state index in [1.54, 1.807) is 20.4 Å². The van der Waals surface area contributed by atoms with E-state index in [0.717, 1.165) is 48.7 Å². The zero-order valence-corrected chi connectivity index (χ0v) is 18.8. The molecule has 2 aromatic rings. The lowest BCUT2D eigenvalue weighted by Crippen LogP contribution is -2.33. The molecule has 0 saturated carbocycles. The van der Waals surface area contributed by atoms with Crippen LogP contribution in [0.4, 0.5) is 5.82 Å². The van der Waals surface area contributed by atoms with Crippen LogP contribution in [0, 0.1) is 0 Å². The Hall–Kier alpha value is -2.23. The van der Waals surface area contributed by atoms with E-state index in [0.29, 0.717) is 19.0 Å². The molecule has 0 saturated heterocycles. The number of pyridine rings is 1. The van der Waals surface area contributed by atoms with Gasteiger partial charge in [-0.05, 0) is 49.1 Å². The number of hydrogen-bond donors (Lipinski definition) is 3. The highest BCUT2D eigenvalue weighted by atomic mass is 127. The first-order valence-corrected chi connectivity index (χ1v) is 9.12. The van der Waals surface area contributed by atoms with Gasteiger partial charge in [0.15, 0.2) is 17.5 Å². The number of methoxy groups -OCH3 is 2. The first-order chi connectivity index (χ1) is 13.2. The van der Waals surface area contributed by atoms with Crippen LogP contribution in [0.25, 0.3) is 0 Å². The molecular formula is C20H30IN5O2. The molecular weight excluding hydrogens is 469 g/mol. The van der Waals surface area contributed by atoms with Crippen molar-refractivity contribution in [3.8, 4) is 11.5 Å². The molecule has 0 unspecified atom stereocenters. The minimum absolute atomic E-state index is 0. The number of ether oxygens (including phenoxy) is 2. The van der Waals surface area contributed by atoms with Crippen LogP contribution in [0.2, 0.25) is 0 Å². The highest BCUT2D eigenvalue weighted by Crippen LogP contribution is 2.27. The lowest BCUT2D eigenvalue weighted by Gasteiger charge is -2.10. The van der Waals surface area contributed by atoms with Crippen molar-refractivity contribution in [2.45, 2.75) is 19.3 Å². The summed E-state index contributed by atoms with van der Waals surface area (Å²) in [6.07, 6.45) is 4.59. The number of anilines is 1. The maximum Gasteiger partial charge on any atom is 0.188 e. The first kappa shape index (κ1) is 23.8. The fourth-order valence-electron chi connectivity index (χ4n) is 2.55. The van der Waals surface area contributed by atoms with Gasteiger partial charge in [0.2, 0.25) is 0 Å². The van der Waals surface area contributed by atoms with Crippen LogP contribution < -0.4 is 25.8 Å². The minimum atomic E-state index is 0. The third-order valence-electron chi connectivity index (χ3n) is 4.01. The van der Waals surface area contributed by atoms with E-state index in [1.165, 1.54) is 0 Å². The summed E-state index contributed by atoms with van der Waals surface area (Å²) in [5.74, 6) is 2.84. The number of halogens is 1. The normalized spacial score (nSPS) is 10.7. The van der Waals surface area contributed by atoms with E-state index in [9.17, 15) is 0 Å². The molecule has 0 aliphatic heterocycles. The van der Waals surface area contributed by atoms with Gasteiger partial charge in [0.05, 0.1) is 14.2 Å². The van der Waals surface area contributed by atoms with E-state index in [4.69, 9.17) is 15.2 Å². The largest absolute Gasteiger partial charge is 0.493 e. The number of nitrogens with one attached hydrogen (secondary N) is 2. The number of benzene rings is 1. The number of nitrogens with two attached hydrogens (primary N) is 1. The molecule has 0 atom stereocenters. The summed E-state index contributed by atoms with van der Waals surface area (Å²) < 4.78 is 10.6. The maximum atomic E-state index is 5.91. The van der Waals surface area contributed by atoms with Crippen LogP contribution in [0.15, 0.2) is 47.6 Å². The molecule has 0 aliphatic carbocycles.